The van der Waals surface area contributed by atoms with E-state index in [1.54, 1.807) is 0 Å². The molecule has 60 valence electrons. The molecule has 0 atom stereocenters. The fraction of sp³-hybridized carbons (Fsp3) is 1.00. The van der Waals surface area contributed by atoms with E-state index in [0.717, 1.165) is 19.6 Å². The lowest BCUT2D eigenvalue weighted by atomic mass is 10.2. The van der Waals surface area contributed by atoms with Gasteiger partial charge in [0, 0.05) is 13.1 Å². The zero-order chi connectivity index (χ0) is 7.40. The van der Waals surface area contributed by atoms with Crippen LogP contribution in [0.4, 0.5) is 0 Å². The second kappa shape index (κ2) is 4.21. The van der Waals surface area contributed by atoms with Gasteiger partial charge in [0.1, 0.15) is 0 Å². The van der Waals surface area contributed by atoms with Gasteiger partial charge in [-0.1, -0.05) is 0 Å². The first-order valence-electron chi connectivity index (χ1n) is 3.72. The predicted molar refractivity (Wildman–Crippen MR) is 45.4 cm³/mol. The lowest BCUT2D eigenvalue weighted by molar-refractivity contribution is 0.00270. The summed E-state index contributed by atoms with van der Waals surface area (Å²) in [5.74, 6) is 1.24. The molecule has 1 aliphatic heterocycles. The number of hydrogen-bond acceptors (Lipinski definition) is 3. The third kappa shape index (κ3) is 2.48. The Morgan fingerprint density at radius 3 is 2.80 bits per heavy atom. The molecule has 0 amide bonds. The maximum Gasteiger partial charge on any atom is 0.0793 e. The number of β-amino-alcohol motifs (C(OH)–C–C–N with tert-alkyl or cyclic N) is 1. The van der Waals surface area contributed by atoms with Crippen LogP contribution in [0.5, 0.6) is 0 Å². The first-order valence-corrected chi connectivity index (χ1v) is 5.11. The van der Waals surface area contributed by atoms with Gasteiger partial charge in [0.25, 0.3) is 0 Å². The summed E-state index contributed by atoms with van der Waals surface area (Å²) in [6, 6.07) is 0. The van der Waals surface area contributed by atoms with Crippen molar-refractivity contribution in [3.05, 3.63) is 0 Å². The van der Waals surface area contributed by atoms with Crippen LogP contribution >= 0.6 is 11.8 Å². The van der Waals surface area contributed by atoms with Gasteiger partial charge < -0.3 is 5.11 Å². The molecule has 0 unspecified atom stereocenters. The Hall–Kier alpha value is 0.270. The summed E-state index contributed by atoms with van der Waals surface area (Å²) in [5, 5.41) is 8.93. The molecular formula is C7H15NOS. The third-order valence-electron chi connectivity index (χ3n) is 1.76. The first-order chi connectivity index (χ1) is 4.83. The highest BCUT2D eigenvalue weighted by molar-refractivity contribution is 7.98. The molecule has 0 radical (unpaired) electrons. The molecule has 1 saturated heterocycles. The average molecular weight is 161 g/mol. The molecule has 10 heavy (non-hydrogen) atoms. The van der Waals surface area contributed by atoms with Crippen LogP contribution in [0.25, 0.3) is 0 Å². The van der Waals surface area contributed by atoms with E-state index >= 15 is 0 Å². The van der Waals surface area contributed by atoms with Crippen LogP contribution < -0.4 is 0 Å². The number of aliphatic hydroxyl groups excluding tert-OH is 1. The third-order valence-corrected chi connectivity index (χ3v) is 2.46. The van der Waals surface area contributed by atoms with E-state index in [1.807, 2.05) is 11.8 Å². The summed E-state index contributed by atoms with van der Waals surface area (Å²) < 4.78 is 0. The number of hydrogen-bond donors (Lipinski definition) is 1. The highest BCUT2D eigenvalue weighted by Crippen LogP contribution is 2.08. The Morgan fingerprint density at radius 2 is 2.30 bits per heavy atom. The van der Waals surface area contributed by atoms with E-state index in [9.17, 15) is 0 Å². The van der Waals surface area contributed by atoms with Crippen molar-refractivity contribution in [2.45, 2.75) is 12.5 Å². The van der Waals surface area contributed by atoms with Gasteiger partial charge in [0.05, 0.1) is 6.10 Å². The van der Waals surface area contributed by atoms with Gasteiger partial charge in [-0.2, -0.15) is 11.8 Å². The van der Waals surface area contributed by atoms with Gasteiger partial charge in [0.2, 0.25) is 0 Å². The van der Waals surface area contributed by atoms with E-state index < -0.39 is 0 Å². The van der Waals surface area contributed by atoms with Gasteiger partial charge in [-0.15, -0.1) is 0 Å². The van der Waals surface area contributed by atoms with Crippen molar-refractivity contribution >= 4 is 11.8 Å². The molecule has 1 aliphatic rings. The largest absolute Gasteiger partial charge is 0.390 e. The highest BCUT2D eigenvalue weighted by atomic mass is 32.2. The molecule has 3 heteroatoms. The molecule has 0 spiro atoms. The fourth-order valence-corrected chi connectivity index (χ4v) is 1.58. The minimum Gasteiger partial charge on any atom is -0.390 e. The Morgan fingerprint density at radius 1 is 1.60 bits per heavy atom. The van der Waals surface area contributed by atoms with Gasteiger partial charge in [0.15, 0.2) is 0 Å². The summed E-state index contributed by atoms with van der Waals surface area (Å²) in [4.78, 5) is 2.29. The quantitative estimate of drug-likeness (QED) is 0.604. The Bertz CT molecular complexity index is 93.6. The van der Waals surface area contributed by atoms with Crippen molar-refractivity contribution in [3.8, 4) is 0 Å². The summed E-state index contributed by atoms with van der Waals surface area (Å²) in [7, 11) is 0. The van der Waals surface area contributed by atoms with Gasteiger partial charge >= 0.3 is 0 Å². The maximum absolute atomic E-state index is 8.93. The van der Waals surface area contributed by atoms with E-state index in [1.165, 1.54) is 12.2 Å². The maximum atomic E-state index is 8.93. The summed E-state index contributed by atoms with van der Waals surface area (Å²) in [5.41, 5.74) is 0. The van der Waals surface area contributed by atoms with Crippen LogP contribution in [0.2, 0.25) is 0 Å². The molecule has 1 heterocycles. The zero-order valence-corrected chi connectivity index (χ0v) is 7.23. The Balaban J connectivity index is 1.86. The van der Waals surface area contributed by atoms with Gasteiger partial charge in [-0.05, 0) is 25.0 Å². The normalized spacial score (nSPS) is 21.0. The smallest absolute Gasteiger partial charge is 0.0793 e. The van der Waals surface area contributed by atoms with Crippen molar-refractivity contribution < 1.29 is 5.11 Å². The van der Waals surface area contributed by atoms with E-state index in [0.29, 0.717) is 0 Å². The van der Waals surface area contributed by atoms with E-state index in [-0.39, 0.29) is 6.10 Å². The average Bonchev–Trinajstić information content (AvgIpc) is 1.85. The van der Waals surface area contributed by atoms with Crippen LogP contribution in [-0.4, -0.2) is 47.8 Å². The minimum absolute atomic E-state index is 0.0331. The molecule has 2 nitrogen and oxygen atoms in total. The minimum atomic E-state index is -0.0331. The number of rotatable bonds is 4. The second-order valence-electron chi connectivity index (χ2n) is 2.76. The van der Waals surface area contributed by atoms with Crippen molar-refractivity contribution in [2.24, 2.45) is 0 Å². The summed E-state index contributed by atoms with van der Waals surface area (Å²) in [6.07, 6.45) is 3.35. The molecule has 1 N–H and O–H groups in total. The van der Waals surface area contributed by atoms with Crippen molar-refractivity contribution in [3.63, 3.8) is 0 Å². The number of aliphatic hydroxyl groups is 1. The molecule has 0 aromatic heterocycles. The Kier molecular flexibility index (Phi) is 3.52. The lowest BCUT2D eigenvalue weighted by Crippen LogP contribution is -2.50. The van der Waals surface area contributed by atoms with E-state index in [4.69, 9.17) is 5.11 Å². The lowest BCUT2D eigenvalue weighted by Gasteiger charge is -2.35. The molecule has 0 aromatic rings. The number of nitrogens with zero attached hydrogens (tertiary/aromatic N) is 1. The first kappa shape index (κ1) is 8.37. The number of likely N-dealkylation sites (tertiary alicyclic amines) is 1. The predicted octanol–water partition coefficient (Wildman–Crippen LogP) is 0.416. The van der Waals surface area contributed by atoms with E-state index in [2.05, 4.69) is 11.2 Å². The van der Waals surface area contributed by atoms with Crippen LogP contribution in [0.3, 0.4) is 0 Å². The van der Waals surface area contributed by atoms with Crippen molar-refractivity contribution in [1.29, 1.82) is 0 Å². The van der Waals surface area contributed by atoms with Gasteiger partial charge in [-0.3, -0.25) is 4.90 Å². The highest BCUT2D eigenvalue weighted by Gasteiger charge is 2.22. The molecule has 0 aromatic carbocycles. The molecule has 0 saturated carbocycles. The topological polar surface area (TPSA) is 23.5 Å². The van der Waals surface area contributed by atoms with Crippen LogP contribution in [0, 0.1) is 0 Å². The molecule has 0 aliphatic carbocycles. The SMILES string of the molecule is CSCCCN1CC(O)C1. The fourth-order valence-electron chi connectivity index (χ4n) is 1.16. The molecule has 1 fully saturated rings. The van der Waals surface area contributed by atoms with Crippen molar-refractivity contribution in [2.75, 3.05) is 31.6 Å². The van der Waals surface area contributed by atoms with Crippen LogP contribution in [0.15, 0.2) is 0 Å². The summed E-state index contributed by atoms with van der Waals surface area (Å²) in [6.45, 7) is 2.96. The summed E-state index contributed by atoms with van der Waals surface area (Å²) >= 11 is 1.89. The monoisotopic (exact) mass is 161 g/mol. The molecular weight excluding hydrogens is 146 g/mol. The number of thioether (sulfide) groups is 1. The second-order valence-corrected chi connectivity index (χ2v) is 3.75. The molecule has 1 rings (SSSR count). The van der Waals surface area contributed by atoms with Crippen LogP contribution in [-0.2, 0) is 0 Å². The van der Waals surface area contributed by atoms with Crippen molar-refractivity contribution in [1.82, 2.24) is 4.90 Å². The van der Waals surface area contributed by atoms with Crippen LogP contribution in [0.1, 0.15) is 6.42 Å². The molecule has 0 bridgehead atoms. The Labute approximate surface area is 66.6 Å². The van der Waals surface area contributed by atoms with Gasteiger partial charge in [-0.25, -0.2) is 0 Å². The standard InChI is InChI=1S/C7H15NOS/c1-10-4-2-3-8-5-7(9)6-8/h7,9H,2-6H2,1H3. The zero-order valence-electron chi connectivity index (χ0n) is 6.42.